The monoisotopic (exact) mass is 227 g/mol. The number of rotatable bonds is 4. The van der Waals surface area contributed by atoms with Gasteiger partial charge in [-0.05, 0) is 7.05 Å². The Kier molecular flexibility index (Phi) is 3.28. The fourth-order valence-electron chi connectivity index (χ4n) is 1.55. The summed E-state index contributed by atoms with van der Waals surface area (Å²) in [6, 6.07) is 0. The van der Waals surface area contributed by atoms with Crippen molar-refractivity contribution in [3.8, 4) is 0 Å². The molecule has 1 aliphatic rings. The third-order valence-electron chi connectivity index (χ3n) is 2.55. The van der Waals surface area contributed by atoms with E-state index < -0.39 is 16.6 Å². The van der Waals surface area contributed by atoms with Crippen molar-refractivity contribution in [2.24, 2.45) is 0 Å². The first-order chi connectivity index (χ1) is 7.46. The number of nitro groups is 1. The minimum absolute atomic E-state index is 0.0974. The zero-order valence-corrected chi connectivity index (χ0v) is 8.98. The molecular weight excluding hydrogens is 214 g/mol. The Bertz CT molecular complexity index is 388. The molecule has 0 saturated heterocycles. The van der Waals surface area contributed by atoms with Gasteiger partial charge in [0.25, 0.3) is 5.66 Å². The van der Waals surface area contributed by atoms with Crippen molar-refractivity contribution in [1.29, 1.82) is 0 Å². The van der Waals surface area contributed by atoms with Crippen molar-refractivity contribution in [3.63, 3.8) is 0 Å². The second kappa shape index (κ2) is 4.31. The summed E-state index contributed by atoms with van der Waals surface area (Å²) in [6.07, 6.45) is 2.73. The van der Waals surface area contributed by atoms with Crippen molar-refractivity contribution < 1.29 is 14.8 Å². The number of aliphatic carboxylic acids is 1. The van der Waals surface area contributed by atoms with E-state index in [2.05, 4.69) is 10.6 Å². The summed E-state index contributed by atoms with van der Waals surface area (Å²) in [4.78, 5) is 21.3. The number of likely N-dealkylation sites (N-methyl/N-ethyl adjacent to an activating group) is 2. The van der Waals surface area contributed by atoms with Gasteiger partial charge in [-0.25, -0.2) is 4.79 Å². The van der Waals surface area contributed by atoms with E-state index in [0.717, 1.165) is 6.08 Å². The first kappa shape index (κ1) is 12.2. The quantitative estimate of drug-likeness (QED) is 0.346. The van der Waals surface area contributed by atoms with Crippen LogP contribution >= 0.6 is 0 Å². The smallest absolute Gasteiger partial charge is 0.337 e. The molecule has 1 aliphatic carbocycles. The Labute approximate surface area is 92.0 Å². The standard InChI is InChI=1S/C9H13N3O4/c1-10-7-3-4-9(11-2,12(15)16)5-6(7)8(13)14/h3,5,10-11H,4H2,1-2H3,(H,13,14). The van der Waals surface area contributed by atoms with E-state index in [-0.39, 0.29) is 12.0 Å². The topological polar surface area (TPSA) is 105 Å². The summed E-state index contributed by atoms with van der Waals surface area (Å²) >= 11 is 0. The van der Waals surface area contributed by atoms with E-state index in [4.69, 9.17) is 5.11 Å². The minimum Gasteiger partial charge on any atom is -0.478 e. The highest BCUT2D eigenvalue weighted by molar-refractivity contribution is 5.92. The Morgan fingerprint density at radius 3 is 2.62 bits per heavy atom. The first-order valence-corrected chi connectivity index (χ1v) is 4.64. The summed E-state index contributed by atoms with van der Waals surface area (Å²) in [7, 11) is 3.00. The molecule has 0 aromatic heterocycles. The van der Waals surface area contributed by atoms with Crippen molar-refractivity contribution in [2.45, 2.75) is 12.1 Å². The maximum absolute atomic E-state index is 11.0. The molecule has 0 amide bonds. The number of nitrogens with one attached hydrogen (secondary N) is 2. The average Bonchev–Trinajstić information content (AvgIpc) is 2.27. The molecule has 0 spiro atoms. The van der Waals surface area contributed by atoms with E-state index >= 15 is 0 Å². The van der Waals surface area contributed by atoms with Crippen molar-refractivity contribution in [2.75, 3.05) is 14.1 Å². The molecular formula is C9H13N3O4. The second-order valence-corrected chi connectivity index (χ2v) is 3.37. The summed E-state index contributed by atoms with van der Waals surface area (Å²) in [5.74, 6) is -1.19. The van der Waals surface area contributed by atoms with Gasteiger partial charge in [0.1, 0.15) is 0 Å². The van der Waals surface area contributed by atoms with Crippen molar-refractivity contribution in [3.05, 3.63) is 33.5 Å². The Balaban J connectivity index is 3.20. The number of hydrogen-bond donors (Lipinski definition) is 3. The van der Waals surface area contributed by atoms with Gasteiger partial charge in [-0.3, -0.25) is 15.4 Å². The molecule has 0 aromatic rings. The number of carboxylic acid groups (broad SMARTS) is 1. The lowest BCUT2D eigenvalue weighted by atomic mass is 9.94. The highest BCUT2D eigenvalue weighted by Crippen LogP contribution is 2.25. The van der Waals surface area contributed by atoms with Crippen molar-refractivity contribution in [1.82, 2.24) is 10.6 Å². The Morgan fingerprint density at radius 2 is 2.25 bits per heavy atom. The molecule has 0 aliphatic heterocycles. The average molecular weight is 227 g/mol. The van der Waals surface area contributed by atoms with Crippen LogP contribution in [0.25, 0.3) is 0 Å². The molecule has 1 atom stereocenters. The SMILES string of the molecule is CNC1=CCC(NC)([N+](=O)[O-])C=C1C(=O)O. The van der Waals surface area contributed by atoms with Gasteiger partial charge in [-0.2, -0.15) is 0 Å². The largest absolute Gasteiger partial charge is 0.478 e. The van der Waals surface area contributed by atoms with E-state index in [9.17, 15) is 14.9 Å². The van der Waals surface area contributed by atoms with Crippen LogP contribution in [0.3, 0.4) is 0 Å². The maximum Gasteiger partial charge on any atom is 0.337 e. The summed E-state index contributed by atoms with van der Waals surface area (Å²) in [5, 5.41) is 25.1. The molecule has 0 bridgehead atoms. The number of hydrogen-bond acceptors (Lipinski definition) is 5. The molecule has 7 heteroatoms. The van der Waals surface area contributed by atoms with Gasteiger partial charge in [0.2, 0.25) is 0 Å². The van der Waals surface area contributed by atoms with Gasteiger partial charge >= 0.3 is 5.97 Å². The Hall–Kier alpha value is -1.89. The number of carbonyl (C=O) groups is 1. The van der Waals surface area contributed by atoms with Crippen molar-refractivity contribution >= 4 is 5.97 Å². The van der Waals surface area contributed by atoms with Crippen LogP contribution < -0.4 is 10.6 Å². The number of nitrogens with zero attached hydrogens (tertiary/aromatic N) is 1. The van der Waals surface area contributed by atoms with Gasteiger partial charge in [0.05, 0.1) is 12.0 Å². The van der Waals surface area contributed by atoms with E-state index in [1.807, 2.05) is 0 Å². The Morgan fingerprint density at radius 1 is 1.62 bits per heavy atom. The first-order valence-electron chi connectivity index (χ1n) is 4.64. The van der Waals surface area contributed by atoms with Crippen LogP contribution in [0.5, 0.6) is 0 Å². The van der Waals surface area contributed by atoms with E-state index in [1.54, 1.807) is 7.05 Å². The summed E-state index contributed by atoms with van der Waals surface area (Å²) in [5.41, 5.74) is -1.24. The zero-order chi connectivity index (χ0) is 12.3. The highest BCUT2D eigenvalue weighted by Gasteiger charge is 2.42. The van der Waals surface area contributed by atoms with Gasteiger partial charge in [0, 0.05) is 23.7 Å². The summed E-state index contributed by atoms with van der Waals surface area (Å²) in [6.45, 7) is 0. The predicted octanol–water partition coefficient (Wildman–Crippen LogP) is -0.303. The molecule has 88 valence electrons. The third-order valence-corrected chi connectivity index (χ3v) is 2.55. The molecule has 0 fully saturated rings. The predicted molar refractivity (Wildman–Crippen MR) is 56.3 cm³/mol. The molecule has 7 nitrogen and oxygen atoms in total. The van der Waals surface area contributed by atoms with Crippen LogP contribution in [0.4, 0.5) is 0 Å². The molecule has 1 rings (SSSR count). The normalized spacial score (nSPS) is 24.4. The maximum atomic E-state index is 11.0. The van der Waals surface area contributed by atoms with Gasteiger partial charge in [-0.15, -0.1) is 0 Å². The van der Waals surface area contributed by atoms with Gasteiger partial charge in [0.15, 0.2) is 0 Å². The van der Waals surface area contributed by atoms with Crippen LogP contribution in [-0.4, -0.2) is 35.8 Å². The molecule has 0 radical (unpaired) electrons. The molecule has 0 aromatic carbocycles. The molecule has 1 unspecified atom stereocenters. The summed E-state index contributed by atoms with van der Waals surface area (Å²) < 4.78 is 0. The molecule has 3 N–H and O–H groups in total. The highest BCUT2D eigenvalue weighted by atomic mass is 16.6. The second-order valence-electron chi connectivity index (χ2n) is 3.37. The van der Waals surface area contributed by atoms with E-state index in [1.165, 1.54) is 13.1 Å². The molecule has 0 saturated carbocycles. The lowest BCUT2D eigenvalue weighted by Gasteiger charge is -2.25. The van der Waals surface area contributed by atoms with Crippen LogP contribution in [0, 0.1) is 10.1 Å². The fourth-order valence-corrected chi connectivity index (χ4v) is 1.55. The third kappa shape index (κ3) is 1.89. The van der Waals surface area contributed by atoms with Crippen LogP contribution in [0.1, 0.15) is 6.42 Å². The van der Waals surface area contributed by atoms with Crippen LogP contribution in [0.15, 0.2) is 23.4 Å². The minimum atomic E-state index is -1.53. The molecule has 16 heavy (non-hydrogen) atoms. The number of carboxylic acids is 1. The zero-order valence-electron chi connectivity index (χ0n) is 8.98. The van der Waals surface area contributed by atoms with Gasteiger partial charge in [-0.1, -0.05) is 6.08 Å². The van der Waals surface area contributed by atoms with Crippen LogP contribution in [0.2, 0.25) is 0 Å². The molecule has 0 heterocycles. The van der Waals surface area contributed by atoms with Crippen LogP contribution in [-0.2, 0) is 4.79 Å². The lowest BCUT2D eigenvalue weighted by Crippen LogP contribution is -2.50. The van der Waals surface area contributed by atoms with Gasteiger partial charge < -0.3 is 10.4 Å². The van der Waals surface area contributed by atoms with E-state index in [0.29, 0.717) is 5.70 Å². The lowest BCUT2D eigenvalue weighted by molar-refractivity contribution is -0.561. The fraction of sp³-hybridized carbons (Fsp3) is 0.444.